The summed E-state index contributed by atoms with van der Waals surface area (Å²) in [7, 11) is -1.88. The molecule has 0 radical (unpaired) electrons. The number of hydrogen-bond acceptors (Lipinski definition) is 7. The van der Waals surface area contributed by atoms with Crippen molar-refractivity contribution in [2.45, 2.75) is 32.6 Å². The highest BCUT2D eigenvalue weighted by Crippen LogP contribution is 2.31. The first-order valence-corrected chi connectivity index (χ1v) is 11.4. The first kappa shape index (κ1) is 21.2. The zero-order valence-electron chi connectivity index (χ0n) is 15.7. The van der Waals surface area contributed by atoms with E-state index in [9.17, 15) is 13.2 Å². The molecule has 0 saturated heterocycles. The Balaban J connectivity index is 1.87. The molecule has 1 aromatic carbocycles. The van der Waals surface area contributed by atoms with Gasteiger partial charge in [0.2, 0.25) is 10.0 Å². The van der Waals surface area contributed by atoms with Crippen LogP contribution in [-0.2, 0) is 19.6 Å². The molecule has 148 valence electrons. The fraction of sp³-hybridized carbons (Fsp3) is 0.444. The van der Waals surface area contributed by atoms with E-state index >= 15 is 0 Å². The van der Waals surface area contributed by atoms with Crippen LogP contribution in [0.1, 0.15) is 30.6 Å². The molecule has 0 bridgehead atoms. The molecule has 0 aliphatic rings. The monoisotopic (exact) mass is 411 g/mol. The van der Waals surface area contributed by atoms with E-state index in [1.165, 1.54) is 7.11 Å². The van der Waals surface area contributed by atoms with Crippen LogP contribution in [0.15, 0.2) is 24.3 Å². The third-order valence-electron chi connectivity index (χ3n) is 3.82. The molecular formula is C18H25N3O4S2. The Hall–Kier alpha value is -2.13. The Morgan fingerprint density at radius 3 is 2.52 bits per heavy atom. The number of rotatable bonds is 10. The predicted octanol–water partition coefficient (Wildman–Crippen LogP) is 3.64. The number of esters is 1. The fourth-order valence-corrected chi connectivity index (χ4v) is 3.94. The van der Waals surface area contributed by atoms with Gasteiger partial charge in [-0.15, -0.1) is 11.3 Å². The number of nitrogens with zero attached hydrogens (tertiary/aromatic N) is 1. The minimum atomic E-state index is -3.28. The van der Waals surface area contributed by atoms with Gasteiger partial charge in [-0.3, -0.25) is 9.52 Å². The van der Waals surface area contributed by atoms with Crippen molar-refractivity contribution in [1.29, 1.82) is 0 Å². The summed E-state index contributed by atoms with van der Waals surface area (Å²) >= 11 is 1.59. The average molecular weight is 412 g/mol. The molecule has 9 heteroatoms. The van der Waals surface area contributed by atoms with Crippen molar-refractivity contribution >= 4 is 38.1 Å². The maximum absolute atomic E-state index is 11.3. The molecule has 0 unspecified atom stereocenters. The predicted molar refractivity (Wildman–Crippen MR) is 110 cm³/mol. The third kappa shape index (κ3) is 7.18. The van der Waals surface area contributed by atoms with Crippen LogP contribution in [0.5, 0.6) is 0 Å². The van der Waals surface area contributed by atoms with Crippen molar-refractivity contribution in [3.05, 3.63) is 29.1 Å². The van der Waals surface area contributed by atoms with E-state index in [2.05, 4.69) is 19.8 Å². The number of ether oxygens (including phenoxy) is 1. The highest BCUT2D eigenvalue weighted by Gasteiger charge is 2.10. The zero-order valence-corrected chi connectivity index (χ0v) is 17.4. The van der Waals surface area contributed by atoms with Gasteiger partial charge in [-0.1, -0.05) is 18.6 Å². The molecule has 0 saturated carbocycles. The number of carbonyl (C=O) groups excluding carboxylic acids is 1. The zero-order chi connectivity index (χ0) is 19.9. The van der Waals surface area contributed by atoms with Gasteiger partial charge in [0.05, 0.1) is 19.1 Å². The number of aryl methyl sites for hydroxylation is 1. The third-order valence-corrected chi connectivity index (χ3v) is 5.35. The van der Waals surface area contributed by atoms with Gasteiger partial charge in [0.25, 0.3) is 0 Å². The number of carbonyl (C=O) groups is 1. The second-order valence-electron chi connectivity index (χ2n) is 6.19. The van der Waals surface area contributed by atoms with E-state index in [1.807, 2.05) is 19.1 Å². The van der Waals surface area contributed by atoms with E-state index in [-0.39, 0.29) is 5.97 Å². The molecule has 2 N–H and O–H groups in total. The number of nitrogens with one attached hydrogen (secondary N) is 2. The van der Waals surface area contributed by atoms with Crippen molar-refractivity contribution < 1.29 is 17.9 Å². The van der Waals surface area contributed by atoms with Crippen LogP contribution in [0.25, 0.3) is 11.3 Å². The van der Waals surface area contributed by atoms with Crippen molar-refractivity contribution in [1.82, 2.24) is 4.98 Å². The molecule has 1 heterocycles. The van der Waals surface area contributed by atoms with Crippen LogP contribution in [0.4, 0.5) is 10.8 Å². The molecule has 0 atom stereocenters. The lowest BCUT2D eigenvalue weighted by atomic mass is 10.1. The first-order chi connectivity index (χ1) is 12.8. The molecule has 0 fully saturated rings. The SMILES string of the molecule is COC(=O)CCCCCNc1nc(-c2ccc(NS(C)(=O)=O)cc2)c(C)s1. The highest BCUT2D eigenvalue weighted by molar-refractivity contribution is 7.92. The van der Waals surface area contributed by atoms with Crippen LogP contribution in [0.2, 0.25) is 0 Å². The van der Waals surface area contributed by atoms with E-state index in [0.717, 1.165) is 53.3 Å². The summed E-state index contributed by atoms with van der Waals surface area (Å²) in [6.07, 6.45) is 4.31. The highest BCUT2D eigenvalue weighted by atomic mass is 32.2. The van der Waals surface area contributed by atoms with Gasteiger partial charge in [-0.05, 0) is 31.9 Å². The van der Waals surface area contributed by atoms with Crippen molar-refractivity contribution in [2.75, 3.05) is 29.9 Å². The van der Waals surface area contributed by atoms with Gasteiger partial charge in [0, 0.05) is 29.1 Å². The molecule has 2 aromatic rings. The smallest absolute Gasteiger partial charge is 0.305 e. The first-order valence-electron chi connectivity index (χ1n) is 8.65. The van der Waals surface area contributed by atoms with Crippen LogP contribution in [0, 0.1) is 6.92 Å². The van der Waals surface area contributed by atoms with Gasteiger partial charge < -0.3 is 10.1 Å². The molecule has 0 aliphatic carbocycles. The molecule has 2 rings (SSSR count). The van der Waals surface area contributed by atoms with Crippen molar-refractivity contribution in [3.8, 4) is 11.3 Å². The minimum Gasteiger partial charge on any atom is -0.469 e. The van der Waals surface area contributed by atoms with E-state index < -0.39 is 10.0 Å². The normalized spacial score (nSPS) is 11.2. The summed E-state index contributed by atoms with van der Waals surface area (Å²) in [5.41, 5.74) is 2.35. The topological polar surface area (TPSA) is 97.4 Å². The van der Waals surface area contributed by atoms with Crippen LogP contribution >= 0.6 is 11.3 Å². The second-order valence-corrected chi connectivity index (χ2v) is 9.14. The van der Waals surface area contributed by atoms with Crippen LogP contribution in [0.3, 0.4) is 0 Å². The molecule has 7 nitrogen and oxygen atoms in total. The molecule has 1 aromatic heterocycles. The van der Waals surface area contributed by atoms with Gasteiger partial charge in [-0.25, -0.2) is 13.4 Å². The number of thiazole rings is 1. The summed E-state index contributed by atoms with van der Waals surface area (Å²) in [5, 5.41) is 4.18. The molecule has 27 heavy (non-hydrogen) atoms. The fourth-order valence-electron chi connectivity index (χ4n) is 2.52. The van der Waals surface area contributed by atoms with Crippen molar-refractivity contribution in [3.63, 3.8) is 0 Å². The summed E-state index contributed by atoms with van der Waals surface area (Å²) in [4.78, 5) is 16.8. The molecule has 0 amide bonds. The van der Waals surface area contributed by atoms with E-state index in [0.29, 0.717) is 12.1 Å². The Kier molecular flexibility index (Phi) is 7.61. The van der Waals surface area contributed by atoms with E-state index in [4.69, 9.17) is 0 Å². The number of anilines is 2. The average Bonchev–Trinajstić information content (AvgIpc) is 2.97. The number of benzene rings is 1. The number of methoxy groups -OCH3 is 1. The number of sulfonamides is 1. The van der Waals surface area contributed by atoms with E-state index in [1.54, 1.807) is 23.5 Å². The lowest BCUT2D eigenvalue weighted by Crippen LogP contribution is -2.09. The largest absolute Gasteiger partial charge is 0.469 e. The van der Waals surface area contributed by atoms with Crippen molar-refractivity contribution in [2.24, 2.45) is 0 Å². The number of hydrogen-bond donors (Lipinski definition) is 2. The molecular weight excluding hydrogens is 386 g/mol. The summed E-state index contributed by atoms with van der Waals surface area (Å²) < 4.78 is 29.6. The Bertz CT molecular complexity index is 861. The number of unbranched alkanes of at least 4 members (excludes halogenated alkanes) is 2. The van der Waals surface area contributed by atoms with Crippen LogP contribution < -0.4 is 10.0 Å². The van der Waals surface area contributed by atoms with Gasteiger partial charge in [0.1, 0.15) is 0 Å². The summed E-state index contributed by atoms with van der Waals surface area (Å²) in [5.74, 6) is -0.166. The Morgan fingerprint density at radius 1 is 1.19 bits per heavy atom. The molecule has 0 aliphatic heterocycles. The maximum Gasteiger partial charge on any atom is 0.305 e. The lowest BCUT2D eigenvalue weighted by Gasteiger charge is -2.05. The Morgan fingerprint density at radius 2 is 1.89 bits per heavy atom. The number of aromatic nitrogens is 1. The lowest BCUT2D eigenvalue weighted by molar-refractivity contribution is -0.140. The van der Waals surface area contributed by atoms with Gasteiger partial charge >= 0.3 is 5.97 Å². The summed E-state index contributed by atoms with van der Waals surface area (Å²) in [6, 6.07) is 7.16. The van der Waals surface area contributed by atoms with Gasteiger partial charge in [-0.2, -0.15) is 0 Å². The Labute approximate surface area is 164 Å². The minimum absolute atomic E-state index is 0.166. The van der Waals surface area contributed by atoms with Gasteiger partial charge in [0.15, 0.2) is 5.13 Å². The quantitative estimate of drug-likeness (QED) is 0.458. The molecule has 0 spiro atoms. The second kappa shape index (κ2) is 9.70. The van der Waals surface area contributed by atoms with Crippen LogP contribution in [-0.4, -0.2) is 39.3 Å². The summed E-state index contributed by atoms with van der Waals surface area (Å²) in [6.45, 7) is 2.81. The standard InChI is InChI=1S/C18H25N3O4S2/c1-13-17(14-8-10-15(11-9-14)21-27(3,23)24)20-18(26-13)19-12-6-4-5-7-16(22)25-2/h8-11,21H,4-7,12H2,1-3H3,(H,19,20). The maximum atomic E-state index is 11.3.